The molecule has 3 rings (SSSR count). The maximum absolute atomic E-state index is 12.6. The van der Waals surface area contributed by atoms with Crippen LogP contribution in [0.3, 0.4) is 0 Å². The average Bonchev–Trinajstić information content (AvgIpc) is 2.93. The predicted octanol–water partition coefficient (Wildman–Crippen LogP) is 3.93. The highest BCUT2D eigenvalue weighted by molar-refractivity contribution is 7.18. The summed E-state index contributed by atoms with van der Waals surface area (Å²) in [5.74, 6) is -0.296. The molecule has 1 N–H and O–H groups in total. The van der Waals surface area contributed by atoms with Crippen LogP contribution >= 0.6 is 22.9 Å². The average molecular weight is 362 g/mol. The minimum atomic E-state index is -0.687. The monoisotopic (exact) mass is 361 g/mol. The Balaban J connectivity index is 1.92. The molecule has 124 valence electrons. The molecule has 0 spiro atoms. The molecule has 3 aromatic rings. The van der Waals surface area contributed by atoms with E-state index < -0.39 is 6.04 Å². The van der Waals surface area contributed by atoms with Gasteiger partial charge < -0.3 is 5.32 Å². The molecular formula is C17H16ClN3O2S. The molecule has 0 saturated carbocycles. The summed E-state index contributed by atoms with van der Waals surface area (Å²) in [6.45, 7) is 5.42. The zero-order valence-electron chi connectivity index (χ0n) is 13.5. The van der Waals surface area contributed by atoms with E-state index in [1.807, 2.05) is 13.8 Å². The van der Waals surface area contributed by atoms with Crippen molar-refractivity contribution in [3.8, 4) is 0 Å². The number of benzene rings is 1. The van der Waals surface area contributed by atoms with Crippen LogP contribution in [0.25, 0.3) is 10.2 Å². The number of hydrogen-bond acceptors (Lipinski definition) is 4. The van der Waals surface area contributed by atoms with Crippen LogP contribution in [0.2, 0.25) is 5.02 Å². The molecule has 24 heavy (non-hydrogen) atoms. The van der Waals surface area contributed by atoms with Gasteiger partial charge >= 0.3 is 0 Å². The van der Waals surface area contributed by atoms with Gasteiger partial charge in [0.25, 0.3) is 5.56 Å². The highest BCUT2D eigenvalue weighted by atomic mass is 35.5. The normalized spacial score (nSPS) is 12.3. The Morgan fingerprint density at radius 3 is 2.88 bits per heavy atom. The lowest BCUT2D eigenvalue weighted by Crippen LogP contribution is -2.31. The molecule has 2 aromatic heterocycles. The van der Waals surface area contributed by atoms with E-state index in [1.165, 1.54) is 22.2 Å². The number of rotatable bonds is 3. The highest BCUT2D eigenvalue weighted by Crippen LogP contribution is 2.24. The second-order valence-electron chi connectivity index (χ2n) is 5.61. The number of thiophene rings is 1. The van der Waals surface area contributed by atoms with Crippen LogP contribution in [0, 0.1) is 13.8 Å². The maximum Gasteiger partial charge on any atom is 0.262 e. The predicted molar refractivity (Wildman–Crippen MR) is 98.1 cm³/mol. The third-order valence-corrected chi connectivity index (χ3v) is 5.29. The Kier molecular flexibility index (Phi) is 4.43. The van der Waals surface area contributed by atoms with Gasteiger partial charge in [0.1, 0.15) is 10.9 Å². The first-order valence-corrected chi connectivity index (χ1v) is 8.61. The Labute approximate surface area is 147 Å². The van der Waals surface area contributed by atoms with Gasteiger partial charge in [0.2, 0.25) is 5.91 Å². The van der Waals surface area contributed by atoms with Crippen molar-refractivity contribution in [3.63, 3.8) is 0 Å². The zero-order chi connectivity index (χ0) is 17.4. The van der Waals surface area contributed by atoms with E-state index in [1.54, 1.807) is 31.2 Å². The summed E-state index contributed by atoms with van der Waals surface area (Å²) in [4.78, 5) is 31.1. The summed E-state index contributed by atoms with van der Waals surface area (Å²) >= 11 is 7.53. The summed E-state index contributed by atoms with van der Waals surface area (Å²) in [7, 11) is 0. The summed E-state index contributed by atoms with van der Waals surface area (Å²) in [6, 6.07) is 6.42. The Bertz CT molecular complexity index is 993. The maximum atomic E-state index is 12.6. The quantitative estimate of drug-likeness (QED) is 0.768. The van der Waals surface area contributed by atoms with Crippen molar-refractivity contribution >= 4 is 44.7 Å². The van der Waals surface area contributed by atoms with Gasteiger partial charge in [0.05, 0.1) is 11.7 Å². The van der Waals surface area contributed by atoms with Crippen LogP contribution in [0.1, 0.15) is 23.4 Å². The number of nitrogens with one attached hydrogen (secondary N) is 1. The van der Waals surface area contributed by atoms with Crippen molar-refractivity contribution < 1.29 is 4.79 Å². The fourth-order valence-electron chi connectivity index (χ4n) is 2.44. The number of hydrogen-bond donors (Lipinski definition) is 1. The van der Waals surface area contributed by atoms with Gasteiger partial charge in [-0.05, 0) is 44.5 Å². The summed E-state index contributed by atoms with van der Waals surface area (Å²) in [5, 5.41) is 3.94. The molecule has 0 bridgehead atoms. The van der Waals surface area contributed by atoms with Crippen molar-refractivity contribution in [2.24, 2.45) is 0 Å². The third kappa shape index (κ3) is 2.95. The van der Waals surface area contributed by atoms with Gasteiger partial charge in [-0.2, -0.15) is 0 Å². The van der Waals surface area contributed by atoms with Gasteiger partial charge in [-0.25, -0.2) is 4.98 Å². The number of carbonyl (C=O) groups excluding carboxylic acids is 1. The molecule has 0 saturated heterocycles. The van der Waals surface area contributed by atoms with E-state index >= 15 is 0 Å². The summed E-state index contributed by atoms with van der Waals surface area (Å²) < 4.78 is 1.35. The number of halogens is 1. The topological polar surface area (TPSA) is 64.0 Å². The van der Waals surface area contributed by atoms with E-state index in [2.05, 4.69) is 10.3 Å². The first-order chi connectivity index (χ1) is 11.4. The lowest BCUT2D eigenvalue weighted by atomic mass is 10.2. The molecule has 0 aliphatic heterocycles. The number of aromatic nitrogens is 2. The molecule has 5 nitrogen and oxygen atoms in total. The molecule has 2 heterocycles. The largest absolute Gasteiger partial charge is 0.324 e. The zero-order valence-corrected chi connectivity index (χ0v) is 15.0. The van der Waals surface area contributed by atoms with Gasteiger partial charge in [-0.3, -0.25) is 14.2 Å². The Morgan fingerprint density at radius 2 is 2.12 bits per heavy atom. The van der Waals surface area contributed by atoms with E-state index in [0.29, 0.717) is 20.9 Å². The van der Waals surface area contributed by atoms with Crippen molar-refractivity contribution in [1.82, 2.24) is 9.55 Å². The minimum Gasteiger partial charge on any atom is -0.324 e. The number of amides is 1. The van der Waals surface area contributed by atoms with Crippen molar-refractivity contribution in [3.05, 3.63) is 56.4 Å². The fraction of sp³-hybridized carbons (Fsp3) is 0.235. The highest BCUT2D eigenvalue weighted by Gasteiger charge is 2.19. The van der Waals surface area contributed by atoms with E-state index in [4.69, 9.17) is 11.6 Å². The molecule has 0 radical (unpaired) electrons. The van der Waals surface area contributed by atoms with E-state index in [9.17, 15) is 9.59 Å². The summed E-state index contributed by atoms with van der Waals surface area (Å²) in [6.07, 6.45) is 1.43. The van der Waals surface area contributed by atoms with Crippen molar-refractivity contribution in [1.29, 1.82) is 0 Å². The third-order valence-electron chi connectivity index (χ3n) is 3.92. The molecule has 7 heteroatoms. The first-order valence-electron chi connectivity index (χ1n) is 7.41. The van der Waals surface area contributed by atoms with E-state index in [0.717, 1.165) is 10.4 Å². The lowest BCUT2D eigenvalue weighted by Gasteiger charge is -2.16. The van der Waals surface area contributed by atoms with Gasteiger partial charge in [-0.15, -0.1) is 11.3 Å². The van der Waals surface area contributed by atoms with Crippen molar-refractivity contribution in [2.75, 3.05) is 5.32 Å². The molecular weight excluding hydrogens is 346 g/mol. The molecule has 1 unspecified atom stereocenters. The van der Waals surface area contributed by atoms with E-state index in [-0.39, 0.29) is 11.5 Å². The molecule has 1 amide bonds. The van der Waals surface area contributed by atoms with Gasteiger partial charge in [0.15, 0.2) is 0 Å². The van der Waals surface area contributed by atoms with Crippen LogP contribution in [0.4, 0.5) is 5.69 Å². The second-order valence-corrected chi connectivity index (χ2v) is 7.25. The smallest absolute Gasteiger partial charge is 0.262 e. The van der Waals surface area contributed by atoms with Gasteiger partial charge in [-0.1, -0.05) is 17.7 Å². The number of anilines is 1. The first kappa shape index (κ1) is 16.7. The van der Waals surface area contributed by atoms with Crippen LogP contribution in [-0.4, -0.2) is 15.5 Å². The van der Waals surface area contributed by atoms with Crippen molar-refractivity contribution in [2.45, 2.75) is 26.8 Å². The molecule has 0 aliphatic rings. The number of aryl methyl sites for hydroxylation is 1. The number of nitrogens with zero attached hydrogens (tertiary/aromatic N) is 2. The minimum absolute atomic E-state index is 0.213. The van der Waals surface area contributed by atoms with Crippen LogP contribution in [0.15, 0.2) is 35.4 Å². The Morgan fingerprint density at radius 1 is 1.38 bits per heavy atom. The molecule has 1 aromatic carbocycles. The SMILES string of the molecule is Cc1cc2c(=O)n(C(C)C(=O)Nc3cccc(Cl)c3C)cnc2s1. The van der Waals surface area contributed by atoms with Crippen LogP contribution in [-0.2, 0) is 4.79 Å². The fourth-order valence-corrected chi connectivity index (χ4v) is 3.45. The van der Waals surface area contributed by atoms with Gasteiger partial charge in [0, 0.05) is 15.6 Å². The van der Waals surface area contributed by atoms with Crippen LogP contribution in [0.5, 0.6) is 0 Å². The standard InChI is InChI=1S/C17H16ClN3O2S/c1-9-7-12-16(24-9)19-8-21(17(12)23)11(3)15(22)20-14-6-4-5-13(18)10(14)2/h4-8,11H,1-3H3,(H,20,22). The lowest BCUT2D eigenvalue weighted by molar-refractivity contribution is -0.118. The second kappa shape index (κ2) is 6.37. The molecule has 0 fully saturated rings. The summed E-state index contributed by atoms with van der Waals surface area (Å²) in [5.41, 5.74) is 1.21. The number of fused-ring (bicyclic) bond motifs is 1. The molecule has 0 aliphatic carbocycles. The molecule has 1 atom stereocenters. The van der Waals surface area contributed by atoms with Crippen LogP contribution < -0.4 is 10.9 Å². The number of carbonyl (C=O) groups is 1. The Hall–Kier alpha value is -2.18.